The van der Waals surface area contributed by atoms with E-state index in [1.54, 1.807) is 23.4 Å². The first-order chi connectivity index (χ1) is 18.9. The summed E-state index contributed by atoms with van der Waals surface area (Å²) < 4.78 is 95.4. The Morgan fingerprint density at radius 1 is 0.800 bits per heavy atom. The quantitative estimate of drug-likeness (QED) is 0.242. The van der Waals surface area contributed by atoms with Crippen LogP contribution in [0, 0.1) is 5.82 Å². The molecule has 4 aromatic rings. The minimum absolute atomic E-state index is 0.0385. The molecule has 1 fully saturated rings. The molecular formula is C29H20F7N3O. The maximum absolute atomic E-state index is 14.1. The summed E-state index contributed by atoms with van der Waals surface area (Å²) in [5.74, 6) is -1.07. The Morgan fingerprint density at radius 2 is 1.52 bits per heavy atom. The topological polar surface area (TPSA) is 46.1 Å². The second-order valence-electron chi connectivity index (χ2n) is 9.47. The predicted octanol–water partition coefficient (Wildman–Crippen LogP) is 7.62. The van der Waals surface area contributed by atoms with Crippen LogP contribution in [0.5, 0.6) is 0 Å². The molecule has 3 heterocycles. The first kappa shape index (κ1) is 27.3. The molecule has 1 aliphatic rings. The Labute approximate surface area is 224 Å². The van der Waals surface area contributed by atoms with E-state index in [1.165, 1.54) is 24.4 Å². The first-order valence-corrected chi connectivity index (χ1v) is 12.1. The number of hydrogen-bond donors (Lipinski definition) is 0. The molecule has 0 bridgehead atoms. The molecule has 0 saturated carbocycles. The zero-order valence-electron chi connectivity index (χ0n) is 20.6. The maximum Gasteiger partial charge on any atom is 0.416 e. The molecule has 1 aliphatic heterocycles. The van der Waals surface area contributed by atoms with Crippen molar-refractivity contribution in [3.63, 3.8) is 0 Å². The van der Waals surface area contributed by atoms with Crippen molar-refractivity contribution >= 4 is 5.91 Å². The number of rotatable bonds is 4. The van der Waals surface area contributed by atoms with Crippen molar-refractivity contribution in [3.05, 3.63) is 107 Å². The number of carbonyl (C=O) groups is 1. The van der Waals surface area contributed by atoms with E-state index >= 15 is 0 Å². The lowest BCUT2D eigenvalue weighted by molar-refractivity contribution is -0.143. The van der Waals surface area contributed by atoms with Crippen molar-refractivity contribution in [2.24, 2.45) is 0 Å². The Morgan fingerprint density at radius 3 is 2.15 bits per heavy atom. The number of amides is 1. The molecule has 11 heteroatoms. The van der Waals surface area contributed by atoms with Crippen molar-refractivity contribution in [1.82, 2.24) is 14.9 Å². The summed E-state index contributed by atoms with van der Waals surface area (Å²) in [6.45, 7) is 0.852. The summed E-state index contributed by atoms with van der Waals surface area (Å²) in [5, 5.41) is 0. The summed E-state index contributed by atoms with van der Waals surface area (Å²) in [4.78, 5) is 22.9. The third-order valence-electron chi connectivity index (χ3n) is 6.81. The molecule has 5 rings (SSSR count). The van der Waals surface area contributed by atoms with Crippen molar-refractivity contribution in [2.75, 3.05) is 13.1 Å². The molecule has 2 aromatic carbocycles. The third-order valence-corrected chi connectivity index (χ3v) is 6.81. The average Bonchev–Trinajstić information content (AvgIpc) is 3.42. The van der Waals surface area contributed by atoms with Gasteiger partial charge in [0.25, 0.3) is 5.91 Å². The molecule has 1 atom stereocenters. The van der Waals surface area contributed by atoms with Gasteiger partial charge in [0.1, 0.15) is 5.82 Å². The second-order valence-corrected chi connectivity index (χ2v) is 9.47. The van der Waals surface area contributed by atoms with Gasteiger partial charge in [-0.1, -0.05) is 12.1 Å². The number of nitrogens with zero attached hydrogens (tertiary/aromatic N) is 3. The van der Waals surface area contributed by atoms with Crippen LogP contribution in [0.15, 0.2) is 79.4 Å². The monoisotopic (exact) mass is 559 g/mol. The summed E-state index contributed by atoms with van der Waals surface area (Å²) >= 11 is 0. The maximum atomic E-state index is 14.1. The average molecular weight is 559 g/mol. The Balaban J connectivity index is 1.58. The number of halogens is 7. The number of hydrogen-bond acceptors (Lipinski definition) is 3. The molecule has 2 aromatic heterocycles. The van der Waals surface area contributed by atoms with Gasteiger partial charge in [0.15, 0.2) is 0 Å². The van der Waals surface area contributed by atoms with E-state index in [2.05, 4.69) is 9.97 Å². The van der Waals surface area contributed by atoms with Crippen LogP contribution in [-0.2, 0) is 12.4 Å². The fraction of sp³-hybridized carbons (Fsp3) is 0.207. The zero-order chi connectivity index (χ0) is 28.7. The molecule has 0 radical (unpaired) electrons. The van der Waals surface area contributed by atoms with Crippen molar-refractivity contribution in [2.45, 2.75) is 24.7 Å². The fourth-order valence-electron chi connectivity index (χ4n) is 4.85. The largest absolute Gasteiger partial charge is 0.416 e. The van der Waals surface area contributed by atoms with Gasteiger partial charge in [-0.2, -0.15) is 26.3 Å². The summed E-state index contributed by atoms with van der Waals surface area (Å²) in [6.07, 6.45) is -3.89. The van der Waals surface area contributed by atoms with Crippen LogP contribution in [-0.4, -0.2) is 33.9 Å². The van der Waals surface area contributed by atoms with Crippen LogP contribution in [0.25, 0.3) is 22.3 Å². The third kappa shape index (κ3) is 5.68. The Hall–Kier alpha value is -4.28. The highest BCUT2D eigenvalue weighted by Gasteiger charge is 2.37. The highest BCUT2D eigenvalue weighted by Crippen LogP contribution is 2.41. The van der Waals surface area contributed by atoms with E-state index in [0.717, 1.165) is 17.8 Å². The van der Waals surface area contributed by atoms with Crippen LogP contribution in [0.3, 0.4) is 0 Å². The normalized spacial score (nSPS) is 15.9. The van der Waals surface area contributed by atoms with Crippen LogP contribution in [0.4, 0.5) is 30.7 Å². The Bertz CT molecular complexity index is 1520. The highest BCUT2D eigenvalue weighted by molar-refractivity contribution is 5.98. The van der Waals surface area contributed by atoms with Crippen LogP contribution < -0.4 is 0 Å². The molecule has 1 amide bonds. The first-order valence-electron chi connectivity index (χ1n) is 12.1. The van der Waals surface area contributed by atoms with E-state index in [-0.39, 0.29) is 40.1 Å². The SMILES string of the molecule is O=C(c1ccc(-c2cc(C(F)(F)F)cc(C(F)(F)F)c2)c(-c2cncc(F)c2)c1)N1CCC(c2cccnc2)C1. The van der Waals surface area contributed by atoms with E-state index in [1.807, 2.05) is 6.07 Å². The van der Waals surface area contributed by atoms with E-state index in [9.17, 15) is 35.5 Å². The predicted molar refractivity (Wildman–Crippen MR) is 133 cm³/mol. The lowest BCUT2D eigenvalue weighted by Gasteiger charge is -2.19. The molecule has 0 aliphatic carbocycles. The summed E-state index contributed by atoms with van der Waals surface area (Å²) in [6, 6.07) is 9.97. The van der Waals surface area contributed by atoms with Gasteiger partial charge in [-0.15, -0.1) is 0 Å². The van der Waals surface area contributed by atoms with Gasteiger partial charge in [-0.25, -0.2) is 4.39 Å². The van der Waals surface area contributed by atoms with Crippen LogP contribution in [0.1, 0.15) is 39.4 Å². The second kappa shape index (κ2) is 10.4. The van der Waals surface area contributed by atoms with Crippen molar-refractivity contribution in [1.29, 1.82) is 0 Å². The van der Waals surface area contributed by atoms with Gasteiger partial charge < -0.3 is 4.90 Å². The number of alkyl halides is 6. The van der Waals surface area contributed by atoms with Gasteiger partial charge in [0, 0.05) is 48.7 Å². The molecule has 0 spiro atoms. The van der Waals surface area contributed by atoms with Crippen LogP contribution in [0.2, 0.25) is 0 Å². The fourth-order valence-corrected chi connectivity index (χ4v) is 4.85. The number of aromatic nitrogens is 2. The lowest BCUT2D eigenvalue weighted by atomic mass is 9.91. The zero-order valence-corrected chi connectivity index (χ0v) is 20.6. The summed E-state index contributed by atoms with van der Waals surface area (Å²) in [7, 11) is 0. The molecule has 4 nitrogen and oxygen atoms in total. The standard InChI is InChI=1S/C29H20F7N3O/c30-24-10-21(14-38-15-24)26-11-17(27(40)39-7-5-19(16-39)18-2-1-6-37-13-18)3-4-25(26)20-8-22(28(31,32)33)12-23(9-20)29(34,35)36/h1-4,6,8-15,19H,5,7,16H2. The van der Waals surface area contributed by atoms with Gasteiger partial charge in [-0.3, -0.25) is 14.8 Å². The molecule has 206 valence electrons. The number of benzene rings is 2. The van der Waals surface area contributed by atoms with Gasteiger partial charge in [0.05, 0.1) is 17.3 Å². The molecular weight excluding hydrogens is 539 g/mol. The lowest BCUT2D eigenvalue weighted by Crippen LogP contribution is -2.28. The Kier molecular flexibility index (Phi) is 7.07. The minimum atomic E-state index is -5.05. The van der Waals surface area contributed by atoms with Crippen molar-refractivity contribution < 1.29 is 35.5 Å². The number of pyridine rings is 2. The van der Waals surface area contributed by atoms with Gasteiger partial charge >= 0.3 is 12.4 Å². The molecule has 0 N–H and O–H groups in total. The molecule has 1 saturated heterocycles. The van der Waals surface area contributed by atoms with Crippen LogP contribution >= 0.6 is 0 Å². The van der Waals surface area contributed by atoms with E-state index in [0.29, 0.717) is 31.6 Å². The smallest absolute Gasteiger partial charge is 0.338 e. The highest BCUT2D eigenvalue weighted by atomic mass is 19.4. The van der Waals surface area contributed by atoms with E-state index in [4.69, 9.17) is 0 Å². The summed E-state index contributed by atoms with van der Waals surface area (Å²) in [5.41, 5.74) is -2.13. The van der Waals surface area contributed by atoms with Gasteiger partial charge in [-0.05, 0) is 71.1 Å². The van der Waals surface area contributed by atoms with Gasteiger partial charge in [0.2, 0.25) is 0 Å². The number of carbonyl (C=O) groups excluding carboxylic acids is 1. The molecule has 1 unspecified atom stereocenters. The van der Waals surface area contributed by atoms with E-state index < -0.39 is 34.9 Å². The molecule has 40 heavy (non-hydrogen) atoms. The minimum Gasteiger partial charge on any atom is -0.338 e. The number of likely N-dealkylation sites (tertiary alicyclic amines) is 1. The van der Waals surface area contributed by atoms with Crippen molar-refractivity contribution in [3.8, 4) is 22.3 Å².